The Hall–Kier alpha value is -1.42. The number of piperidine rings is 1. The smallest absolute Gasteiger partial charge is 0.220 e. The van der Waals surface area contributed by atoms with E-state index in [9.17, 15) is 4.79 Å². The Morgan fingerprint density at radius 2 is 2.22 bits per heavy atom. The van der Waals surface area contributed by atoms with E-state index >= 15 is 0 Å². The van der Waals surface area contributed by atoms with Gasteiger partial charge in [0.15, 0.2) is 0 Å². The van der Waals surface area contributed by atoms with Gasteiger partial charge in [0.1, 0.15) is 5.01 Å². The second-order valence-corrected chi connectivity index (χ2v) is 5.81. The average molecular weight is 260 g/mol. The fraction of sp³-hybridized carbons (Fsp3) is 0.429. The number of rotatable bonds is 1. The molecule has 1 saturated heterocycles. The van der Waals surface area contributed by atoms with Crippen molar-refractivity contribution in [2.24, 2.45) is 0 Å². The minimum atomic E-state index is 0.166. The van der Waals surface area contributed by atoms with Crippen LogP contribution in [-0.4, -0.2) is 22.3 Å². The number of carbonyl (C=O) groups is 1. The first-order chi connectivity index (χ1) is 8.75. The van der Waals surface area contributed by atoms with E-state index in [1.54, 1.807) is 18.3 Å². The molecule has 0 radical (unpaired) electrons. The zero-order valence-electron chi connectivity index (χ0n) is 10.4. The molecule has 1 unspecified atom stereocenters. The van der Waals surface area contributed by atoms with Crippen LogP contribution >= 0.6 is 11.3 Å². The lowest BCUT2D eigenvalue weighted by atomic mass is 10.0. The molecule has 0 aliphatic carbocycles. The van der Waals surface area contributed by atoms with Crippen LogP contribution in [0.2, 0.25) is 0 Å². The van der Waals surface area contributed by atoms with Gasteiger partial charge < -0.3 is 4.90 Å². The van der Waals surface area contributed by atoms with E-state index in [1.165, 1.54) is 11.1 Å². The Bertz CT molecular complexity index is 545. The lowest BCUT2D eigenvalue weighted by molar-refractivity contribution is -0.132. The number of aromatic nitrogens is 1. The third-order valence-electron chi connectivity index (χ3n) is 3.50. The molecule has 3 nitrogen and oxygen atoms in total. The second kappa shape index (κ2) is 4.69. The van der Waals surface area contributed by atoms with Gasteiger partial charge in [0, 0.05) is 13.5 Å². The molecule has 0 spiro atoms. The van der Waals surface area contributed by atoms with Crippen molar-refractivity contribution in [3.05, 3.63) is 29.3 Å². The Balaban J connectivity index is 1.98. The summed E-state index contributed by atoms with van der Waals surface area (Å²) < 4.78 is 1.21. The first-order valence-electron chi connectivity index (χ1n) is 6.38. The van der Waals surface area contributed by atoms with Gasteiger partial charge in [0.2, 0.25) is 5.91 Å². The van der Waals surface area contributed by atoms with Crippen molar-refractivity contribution in [3.63, 3.8) is 0 Å². The van der Waals surface area contributed by atoms with Crippen LogP contribution in [0.25, 0.3) is 10.2 Å². The van der Waals surface area contributed by atoms with Gasteiger partial charge in [0.05, 0.1) is 16.3 Å². The summed E-state index contributed by atoms with van der Waals surface area (Å²) in [5.41, 5.74) is 1.05. The number of para-hydroxylation sites is 1. The third kappa shape index (κ3) is 2.01. The number of hydrogen-bond acceptors (Lipinski definition) is 3. The first-order valence-corrected chi connectivity index (χ1v) is 7.20. The molecule has 0 saturated carbocycles. The SMILES string of the molecule is CC(=O)N1CCCCC1c1nc2ccccc2s1. The highest BCUT2D eigenvalue weighted by Gasteiger charge is 2.28. The topological polar surface area (TPSA) is 33.2 Å². The maximum Gasteiger partial charge on any atom is 0.220 e. The third-order valence-corrected chi connectivity index (χ3v) is 4.64. The number of carbonyl (C=O) groups excluding carboxylic acids is 1. The molecule has 3 rings (SSSR count). The van der Waals surface area contributed by atoms with Crippen molar-refractivity contribution >= 4 is 27.5 Å². The van der Waals surface area contributed by atoms with Crippen LogP contribution < -0.4 is 0 Å². The minimum Gasteiger partial charge on any atom is -0.333 e. The van der Waals surface area contributed by atoms with Gasteiger partial charge in [-0.15, -0.1) is 11.3 Å². The molecule has 4 heteroatoms. The fourth-order valence-corrected chi connectivity index (χ4v) is 3.71. The van der Waals surface area contributed by atoms with Crippen molar-refractivity contribution in [2.45, 2.75) is 32.2 Å². The van der Waals surface area contributed by atoms with E-state index in [0.717, 1.165) is 29.9 Å². The number of benzene rings is 1. The molecule has 2 aromatic rings. The highest BCUT2D eigenvalue weighted by atomic mass is 32.1. The molecule has 1 aromatic carbocycles. The van der Waals surface area contributed by atoms with Gasteiger partial charge in [-0.05, 0) is 31.4 Å². The lowest BCUT2D eigenvalue weighted by Crippen LogP contribution is -2.36. The van der Waals surface area contributed by atoms with Crippen molar-refractivity contribution in [1.82, 2.24) is 9.88 Å². The number of likely N-dealkylation sites (tertiary alicyclic amines) is 1. The summed E-state index contributed by atoms with van der Waals surface area (Å²) in [6.45, 7) is 2.53. The van der Waals surface area contributed by atoms with Gasteiger partial charge in [-0.3, -0.25) is 4.79 Å². The van der Waals surface area contributed by atoms with Crippen molar-refractivity contribution in [2.75, 3.05) is 6.54 Å². The second-order valence-electron chi connectivity index (χ2n) is 4.74. The predicted octanol–water partition coefficient (Wildman–Crippen LogP) is 3.37. The fourth-order valence-electron chi connectivity index (χ4n) is 2.60. The number of thiazole rings is 1. The van der Waals surface area contributed by atoms with Crippen LogP contribution in [0.3, 0.4) is 0 Å². The highest BCUT2D eigenvalue weighted by Crippen LogP contribution is 2.35. The van der Waals surface area contributed by atoms with E-state index in [-0.39, 0.29) is 11.9 Å². The van der Waals surface area contributed by atoms with Gasteiger partial charge in [0.25, 0.3) is 0 Å². The summed E-state index contributed by atoms with van der Waals surface area (Å²) in [6, 6.07) is 8.37. The van der Waals surface area contributed by atoms with Crippen LogP contribution in [0.1, 0.15) is 37.2 Å². The number of nitrogens with zero attached hydrogens (tertiary/aromatic N) is 2. The summed E-state index contributed by atoms with van der Waals surface area (Å²) in [5.74, 6) is 0.166. The molecular formula is C14H16N2OS. The van der Waals surface area contributed by atoms with E-state index < -0.39 is 0 Å². The van der Waals surface area contributed by atoms with Crippen molar-refractivity contribution in [3.8, 4) is 0 Å². The maximum absolute atomic E-state index is 11.7. The largest absolute Gasteiger partial charge is 0.333 e. The molecule has 1 fully saturated rings. The summed E-state index contributed by atoms with van der Waals surface area (Å²) in [5, 5.41) is 1.09. The molecule has 0 N–H and O–H groups in total. The van der Waals surface area contributed by atoms with E-state index in [4.69, 9.17) is 4.98 Å². The summed E-state index contributed by atoms with van der Waals surface area (Å²) >= 11 is 1.72. The zero-order chi connectivity index (χ0) is 12.5. The van der Waals surface area contributed by atoms with Gasteiger partial charge in [-0.25, -0.2) is 4.98 Å². The monoisotopic (exact) mass is 260 g/mol. The summed E-state index contributed by atoms with van der Waals surface area (Å²) in [4.78, 5) is 18.4. The molecule has 1 amide bonds. The molecule has 1 aliphatic heterocycles. The molecule has 1 atom stereocenters. The van der Waals surface area contributed by atoms with E-state index in [0.29, 0.717) is 0 Å². The standard InChI is InChI=1S/C14H16N2OS/c1-10(17)16-9-5-4-7-12(16)14-15-11-6-2-3-8-13(11)18-14/h2-3,6,8,12H,4-5,7,9H2,1H3. The summed E-state index contributed by atoms with van der Waals surface area (Å²) in [7, 11) is 0. The molecule has 94 valence electrons. The Morgan fingerprint density at radius 3 is 3.00 bits per heavy atom. The van der Waals surface area contributed by atoms with Gasteiger partial charge in [-0.2, -0.15) is 0 Å². The molecule has 18 heavy (non-hydrogen) atoms. The highest BCUT2D eigenvalue weighted by molar-refractivity contribution is 7.18. The maximum atomic E-state index is 11.7. The number of hydrogen-bond donors (Lipinski definition) is 0. The summed E-state index contributed by atoms with van der Waals surface area (Å²) in [6.07, 6.45) is 3.34. The molecule has 1 aliphatic rings. The average Bonchev–Trinajstić information content (AvgIpc) is 2.82. The Labute approximate surface area is 110 Å². The molecule has 0 bridgehead atoms. The first kappa shape index (κ1) is 11.7. The van der Waals surface area contributed by atoms with Crippen LogP contribution in [0.4, 0.5) is 0 Å². The Morgan fingerprint density at radius 1 is 1.39 bits per heavy atom. The minimum absolute atomic E-state index is 0.166. The van der Waals surface area contributed by atoms with Crippen LogP contribution in [-0.2, 0) is 4.79 Å². The predicted molar refractivity (Wildman–Crippen MR) is 73.6 cm³/mol. The normalized spacial score (nSPS) is 20.3. The molecule has 2 heterocycles. The van der Waals surface area contributed by atoms with E-state index in [1.807, 2.05) is 23.1 Å². The Kier molecular flexibility index (Phi) is 3.04. The van der Waals surface area contributed by atoms with Crippen molar-refractivity contribution in [1.29, 1.82) is 0 Å². The van der Waals surface area contributed by atoms with Crippen molar-refractivity contribution < 1.29 is 4.79 Å². The van der Waals surface area contributed by atoms with Crippen LogP contribution in [0.5, 0.6) is 0 Å². The molecular weight excluding hydrogens is 244 g/mol. The van der Waals surface area contributed by atoms with Gasteiger partial charge >= 0.3 is 0 Å². The van der Waals surface area contributed by atoms with Crippen LogP contribution in [0.15, 0.2) is 24.3 Å². The zero-order valence-corrected chi connectivity index (χ0v) is 11.2. The lowest BCUT2D eigenvalue weighted by Gasteiger charge is -2.33. The number of fused-ring (bicyclic) bond motifs is 1. The van der Waals surface area contributed by atoms with E-state index in [2.05, 4.69) is 6.07 Å². The van der Waals surface area contributed by atoms with Gasteiger partial charge in [-0.1, -0.05) is 12.1 Å². The number of amides is 1. The van der Waals surface area contributed by atoms with Crippen LogP contribution in [0, 0.1) is 0 Å². The quantitative estimate of drug-likeness (QED) is 0.787. The molecule has 1 aromatic heterocycles.